The molecule has 0 aliphatic heterocycles. The molecule has 0 atom stereocenters. The van der Waals surface area contributed by atoms with E-state index in [-0.39, 0.29) is 0 Å². The molecule has 2 N–H and O–H groups in total. The highest BCUT2D eigenvalue weighted by Gasteiger charge is 2.04. The number of hydrogen-bond acceptors (Lipinski definition) is 5. The molecule has 0 aliphatic carbocycles. The molecule has 0 aliphatic rings. The number of thiophene rings is 1. The van der Waals surface area contributed by atoms with E-state index in [1.165, 1.54) is 15.6 Å². The highest BCUT2D eigenvalue weighted by Crippen LogP contribution is 2.21. The van der Waals surface area contributed by atoms with Gasteiger partial charge in [-0.25, -0.2) is 9.59 Å². The molecule has 0 radical (unpaired) electrons. The van der Waals surface area contributed by atoms with Gasteiger partial charge in [-0.15, -0.1) is 11.3 Å². The molecule has 0 spiro atoms. The summed E-state index contributed by atoms with van der Waals surface area (Å²) in [6.45, 7) is 9.54. The summed E-state index contributed by atoms with van der Waals surface area (Å²) in [5, 5.41) is 18.3. The third kappa shape index (κ3) is 8.42. The van der Waals surface area contributed by atoms with Crippen molar-refractivity contribution in [3.8, 4) is 0 Å². The molecular formula is C19H27NO5S. The molecule has 0 fully saturated rings. The number of fused-ring (bicyclic) bond motifs is 1. The number of benzene rings is 1. The van der Waals surface area contributed by atoms with Crippen LogP contribution in [0.25, 0.3) is 10.1 Å². The Labute approximate surface area is 158 Å². The molecule has 0 saturated heterocycles. The zero-order valence-corrected chi connectivity index (χ0v) is 16.1. The monoisotopic (exact) mass is 381 g/mol. The zero-order valence-electron chi connectivity index (χ0n) is 15.3. The van der Waals surface area contributed by atoms with E-state index < -0.39 is 11.9 Å². The van der Waals surface area contributed by atoms with Crippen LogP contribution in [0.5, 0.6) is 0 Å². The predicted octanol–water partition coefficient (Wildman–Crippen LogP) is 3.35. The van der Waals surface area contributed by atoms with Gasteiger partial charge in [-0.2, -0.15) is 0 Å². The van der Waals surface area contributed by atoms with Crippen LogP contribution in [0.15, 0.2) is 29.6 Å². The maximum Gasteiger partial charge on any atom is 0.414 e. The van der Waals surface area contributed by atoms with Crippen molar-refractivity contribution in [1.82, 2.24) is 4.90 Å². The number of carboxylic acid groups (broad SMARTS) is 2. The van der Waals surface area contributed by atoms with Crippen LogP contribution in [-0.2, 0) is 20.7 Å². The Morgan fingerprint density at radius 2 is 1.77 bits per heavy atom. The summed E-state index contributed by atoms with van der Waals surface area (Å²) < 4.78 is 7.12. The van der Waals surface area contributed by atoms with Crippen LogP contribution < -0.4 is 0 Å². The van der Waals surface area contributed by atoms with Gasteiger partial charge in [0.25, 0.3) is 0 Å². The first-order valence-corrected chi connectivity index (χ1v) is 9.58. The number of ether oxygens (including phenoxy) is 1. The van der Waals surface area contributed by atoms with Crippen molar-refractivity contribution < 1.29 is 24.5 Å². The summed E-state index contributed by atoms with van der Waals surface area (Å²) in [6, 6.07) is 8.91. The molecule has 1 aromatic heterocycles. The Morgan fingerprint density at radius 1 is 1.08 bits per heavy atom. The molecule has 6 nitrogen and oxygen atoms in total. The number of nitrogens with zero attached hydrogens (tertiary/aromatic N) is 1. The van der Waals surface area contributed by atoms with E-state index in [0.29, 0.717) is 0 Å². The quantitative estimate of drug-likeness (QED) is 0.512. The van der Waals surface area contributed by atoms with Crippen LogP contribution >= 0.6 is 11.3 Å². The van der Waals surface area contributed by atoms with Crippen molar-refractivity contribution in [2.45, 2.75) is 26.7 Å². The van der Waals surface area contributed by atoms with E-state index in [2.05, 4.69) is 48.4 Å². The molecule has 26 heavy (non-hydrogen) atoms. The van der Waals surface area contributed by atoms with Gasteiger partial charge < -0.3 is 19.8 Å². The summed E-state index contributed by atoms with van der Waals surface area (Å²) >= 11 is 1.80. The van der Waals surface area contributed by atoms with Crippen LogP contribution in [0.4, 0.5) is 0 Å². The highest BCUT2D eigenvalue weighted by molar-refractivity contribution is 7.17. The average Bonchev–Trinajstić information content (AvgIpc) is 3.09. The minimum Gasteiger partial charge on any atom is -0.473 e. The van der Waals surface area contributed by atoms with Gasteiger partial charge in [-0.1, -0.05) is 26.0 Å². The topological polar surface area (TPSA) is 87.1 Å². The maximum absolute atomic E-state index is 9.10. The van der Waals surface area contributed by atoms with Gasteiger partial charge in [0.05, 0.1) is 6.61 Å². The molecule has 0 unspecified atom stereocenters. The lowest BCUT2D eigenvalue weighted by Crippen LogP contribution is -2.24. The van der Waals surface area contributed by atoms with E-state index in [9.17, 15) is 0 Å². The second kappa shape index (κ2) is 12.4. The Kier molecular flexibility index (Phi) is 10.5. The molecule has 2 rings (SSSR count). The van der Waals surface area contributed by atoms with E-state index in [1.54, 1.807) is 11.3 Å². The second-order valence-electron chi connectivity index (χ2n) is 5.65. The fraction of sp³-hybridized carbons (Fsp3) is 0.474. The normalized spacial score (nSPS) is 10.6. The summed E-state index contributed by atoms with van der Waals surface area (Å²) in [5.41, 5.74) is 1.37. The summed E-state index contributed by atoms with van der Waals surface area (Å²) in [7, 11) is 0. The molecule has 144 valence electrons. The van der Waals surface area contributed by atoms with Gasteiger partial charge in [-0.05, 0) is 54.4 Å². The van der Waals surface area contributed by atoms with Crippen molar-refractivity contribution in [1.29, 1.82) is 0 Å². The Bertz CT molecular complexity index is 669. The second-order valence-corrected chi connectivity index (χ2v) is 6.59. The van der Waals surface area contributed by atoms with E-state index >= 15 is 0 Å². The van der Waals surface area contributed by atoms with Gasteiger partial charge in [0, 0.05) is 17.9 Å². The molecule has 2 aromatic rings. The third-order valence-electron chi connectivity index (χ3n) is 3.89. The smallest absolute Gasteiger partial charge is 0.414 e. The molecule has 1 aromatic carbocycles. The van der Waals surface area contributed by atoms with E-state index in [1.807, 2.05) is 0 Å². The standard InChI is InChI=1S/C17H25NOS.C2H2O4/c1-3-18(4-2)10-5-11-19-12-8-15-6-7-17-16(14-15)9-13-20-17;3-1(4)2(5)6/h6-7,9,13-14H,3-5,8,10-12H2,1-2H3;(H,3,4)(H,5,6). The summed E-state index contributed by atoms with van der Waals surface area (Å²) in [5.74, 6) is -3.65. The first kappa shape index (κ1) is 22.1. The highest BCUT2D eigenvalue weighted by atomic mass is 32.1. The maximum atomic E-state index is 9.10. The Balaban J connectivity index is 0.000000487. The third-order valence-corrected chi connectivity index (χ3v) is 4.79. The van der Waals surface area contributed by atoms with Crippen molar-refractivity contribution >= 4 is 33.4 Å². The van der Waals surface area contributed by atoms with Crippen molar-refractivity contribution in [2.75, 3.05) is 32.8 Å². The number of carbonyl (C=O) groups is 2. The molecule has 0 saturated carbocycles. The Morgan fingerprint density at radius 3 is 2.38 bits per heavy atom. The Hall–Kier alpha value is -1.96. The van der Waals surface area contributed by atoms with Crippen molar-refractivity contribution in [3.63, 3.8) is 0 Å². The molecule has 0 amide bonds. The number of carboxylic acids is 2. The van der Waals surface area contributed by atoms with Crippen LogP contribution in [0.3, 0.4) is 0 Å². The molecule has 7 heteroatoms. The molecular weight excluding hydrogens is 354 g/mol. The number of aliphatic carboxylic acids is 2. The lowest BCUT2D eigenvalue weighted by atomic mass is 10.1. The fourth-order valence-corrected chi connectivity index (χ4v) is 3.16. The van der Waals surface area contributed by atoms with Gasteiger partial charge in [-0.3, -0.25) is 0 Å². The van der Waals surface area contributed by atoms with Gasteiger partial charge in [0.15, 0.2) is 0 Å². The first-order chi connectivity index (χ1) is 12.5. The predicted molar refractivity (Wildman–Crippen MR) is 104 cm³/mol. The largest absolute Gasteiger partial charge is 0.473 e. The fourth-order valence-electron chi connectivity index (χ4n) is 2.39. The summed E-state index contributed by atoms with van der Waals surface area (Å²) in [6.07, 6.45) is 2.14. The van der Waals surface area contributed by atoms with Crippen LogP contribution in [0.2, 0.25) is 0 Å². The summed E-state index contributed by atoms with van der Waals surface area (Å²) in [4.78, 5) is 20.6. The van der Waals surface area contributed by atoms with Gasteiger partial charge in [0.2, 0.25) is 0 Å². The minimum absolute atomic E-state index is 0.827. The lowest BCUT2D eigenvalue weighted by Gasteiger charge is -2.17. The average molecular weight is 381 g/mol. The number of rotatable bonds is 9. The molecule has 0 bridgehead atoms. The van der Waals surface area contributed by atoms with Crippen molar-refractivity contribution in [3.05, 3.63) is 35.2 Å². The number of hydrogen-bond donors (Lipinski definition) is 2. The van der Waals surface area contributed by atoms with E-state index in [0.717, 1.165) is 45.7 Å². The minimum atomic E-state index is -1.82. The SMILES string of the molecule is CCN(CC)CCCOCCc1ccc2sccc2c1.O=C(O)C(=O)O. The van der Waals surface area contributed by atoms with Gasteiger partial charge >= 0.3 is 11.9 Å². The van der Waals surface area contributed by atoms with Crippen molar-refractivity contribution in [2.24, 2.45) is 0 Å². The van der Waals surface area contributed by atoms with Crippen LogP contribution in [0, 0.1) is 0 Å². The van der Waals surface area contributed by atoms with Crippen LogP contribution in [-0.4, -0.2) is 59.9 Å². The van der Waals surface area contributed by atoms with Crippen LogP contribution in [0.1, 0.15) is 25.8 Å². The van der Waals surface area contributed by atoms with Gasteiger partial charge in [0.1, 0.15) is 0 Å². The van der Waals surface area contributed by atoms with E-state index in [4.69, 9.17) is 24.5 Å². The first-order valence-electron chi connectivity index (χ1n) is 8.70. The lowest BCUT2D eigenvalue weighted by molar-refractivity contribution is -0.159. The molecule has 1 heterocycles. The zero-order chi connectivity index (χ0) is 19.4.